The van der Waals surface area contributed by atoms with Crippen molar-refractivity contribution >= 4 is 28.3 Å². The lowest BCUT2D eigenvalue weighted by atomic mass is 9.86. The molecule has 1 amide bonds. The first kappa shape index (κ1) is 20.0. The van der Waals surface area contributed by atoms with E-state index in [0.717, 1.165) is 22.3 Å². The number of H-pyrrole nitrogens is 2. The zero-order chi connectivity index (χ0) is 22.5. The quantitative estimate of drug-likeness (QED) is 0.451. The van der Waals surface area contributed by atoms with Gasteiger partial charge in [0.15, 0.2) is 0 Å². The minimum absolute atomic E-state index is 0.0879. The van der Waals surface area contributed by atoms with Crippen LogP contribution in [0.4, 0.5) is 11.4 Å². The van der Waals surface area contributed by atoms with E-state index < -0.39 is 5.41 Å². The fourth-order valence-corrected chi connectivity index (χ4v) is 4.32. The molecule has 0 saturated heterocycles. The van der Waals surface area contributed by atoms with Gasteiger partial charge in [0.2, 0.25) is 5.91 Å². The number of hydrogen-bond acceptors (Lipinski definition) is 5. The van der Waals surface area contributed by atoms with Crippen LogP contribution in [-0.4, -0.2) is 32.4 Å². The summed E-state index contributed by atoms with van der Waals surface area (Å²) in [6.45, 7) is 6.99. The van der Waals surface area contributed by atoms with Gasteiger partial charge in [-0.1, -0.05) is 0 Å². The molecule has 3 aromatic heterocycles. The molecule has 1 aliphatic rings. The second kappa shape index (κ2) is 7.33. The number of aromatic nitrogens is 4. The van der Waals surface area contributed by atoms with E-state index in [1.54, 1.807) is 23.5 Å². The Hall–Kier alpha value is -3.94. The normalized spacial score (nSPS) is 14.7. The summed E-state index contributed by atoms with van der Waals surface area (Å²) >= 11 is 0. The molecule has 162 valence electrons. The molecule has 0 unspecified atom stereocenters. The summed E-state index contributed by atoms with van der Waals surface area (Å²) in [5.74, 6) is 0.569. The Bertz CT molecular complexity index is 1390. The van der Waals surface area contributed by atoms with Gasteiger partial charge in [-0.15, -0.1) is 0 Å². The topological polar surface area (TPSA) is 107 Å². The van der Waals surface area contributed by atoms with Crippen molar-refractivity contribution in [3.05, 3.63) is 70.4 Å². The van der Waals surface area contributed by atoms with Crippen LogP contribution in [0.5, 0.6) is 0 Å². The first-order valence-corrected chi connectivity index (χ1v) is 10.6. The number of likely N-dealkylation sites (N-methyl/N-ethyl adjacent to an activating group) is 1. The van der Waals surface area contributed by atoms with Crippen molar-refractivity contribution < 1.29 is 4.79 Å². The highest BCUT2D eigenvalue weighted by molar-refractivity contribution is 6.09. The Morgan fingerprint density at radius 1 is 1.12 bits per heavy atom. The number of amides is 1. The fraction of sp³-hybridized carbons (Fsp3) is 0.250. The molecule has 1 aromatic carbocycles. The Balaban J connectivity index is 1.58. The third kappa shape index (κ3) is 3.07. The zero-order valence-electron chi connectivity index (χ0n) is 18.2. The largest absolute Gasteiger partial charge is 0.380 e. The molecule has 0 aliphatic carbocycles. The molecule has 8 nitrogen and oxygen atoms in total. The predicted octanol–water partition coefficient (Wildman–Crippen LogP) is 3.57. The summed E-state index contributed by atoms with van der Waals surface area (Å²) < 4.78 is 0. The van der Waals surface area contributed by atoms with Gasteiger partial charge in [-0.2, -0.15) is 0 Å². The average molecular weight is 428 g/mol. The summed E-state index contributed by atoms with van der Waals surface area (Å²) in [7, 11) is 0. The van der Waals surface area contributed by atoms with Gasteiger partial charge in [-0.05, 0) is 62.2 Å². The van der Waals surface area contributed by atoms with Crippen molar-refractivity contribution in [2.75, 3.05) is 16.8 Å². The summed E-state index contributed by atoms with van der Waals surface area (Å²) in [5.41, 5.74) is 4.69. The predicted molar refractivity (Wildman–Crippen MR) is 125 cm³/mol. The fourth-order valence-electron chi connectivity index (χ4n) is 4.32. The molecule has 8 heteroatoms. The van der Waals surface area contributed by atoms with Crippen molar-refractivity contribution in [3.8, 4) is 11.4 Å². The first-order chi connectivity index (χ1) is 15.4. The number of imidazole rings is 1. The molecule has 5 rings (SSSR count). The zero-order valence-corrected chi connectivity index (χ0v) is 18.2. The Morgan fingerprint density at radius 3 is 2.66 bits per heavy atom. The van der Waals surface area contributed by atoms with Crippen LogP contribution in [0.1, 0.15) is 31.9 Å². The molecular weight excluding hydrogens is 404 g/mol. The van der Waals surface area contributed by atoms with Gasteiger partial charge in [0.25, 0.3) is 5.56 Å². The van der Waals surface area contributed by atoms with E-state index in [0.29, 0.717) is 35.7 Å². The third-order valence-electron chi connectivity index (χ3n) is 6.09. The van der Waals surface area contributed by atoms with E-state index in [2.05, 4.69) is 20.3 Å². The highest BCUT2D eigenvalue weighted by atomic mass is 16.2. The summed E-state index contributed by atoms with van der Waals surface area (Å²) in [5, 5.41) is 3.33. The summed E-state index contributed by atoms with van der Waals surface area (Å²) in [6.07, 6.45) is 5.09. The van der Waals surface area contributed by atoms with Crippen molar-refractivity contribution in [2.45, 2.75) is 32.7 Å². The second-order valence-corrected chi connectivity index (χ2v) is 8.45. The number of anilines is 2. The molecule has 1 aliphatic heterocycles. The molecule has 0 spiro atoms. The number of hydrogen-bond donors (Lipinski definition) is 3. The van der Waals surface area contributed by atoms with E-state index in [1.807, 2.05) is 51.1 Å². The number of benzene rings is 1. The highest BCUT2D eigenvalue weighted by Gasteiger charge is 2.43. The van der Waals surface area contributed by atoms with Crippen LogP contribution < -0.4 is 15.8 Å². The number of aromatic amines is 2. The Labute approximate surface area is 184 Å². The number of fused-ring (bicyclic) bond motifs is 2. The molecule has 0 bridgehead atoms. The van der Waals surface area contributed by atoms with Gasteiger partial charge in [0, 0.05) is 31.7 Å². The maximum atomic E-state index is 12.8. The number of carbonyl (C=O) groups excluding carboxylic acids is 1. The molecule has 0 atom stereocenters. The van der Waals surface area contributed by atoms with Gasteiger partial charge >= 0.3 is 0 Å². The summed E-state index contributed by atoms with van der Waals surface area (Å²) in [4.78, 5) is 42.2. The van der Waals surface area contributed by atoms with E-state index in [1.165, 1.54) is 0 Å². The van der Waals surface area contributed by atoms with E-state index in [-0.39, 0.29) is 11.5 Å². The standard InChI is InChI=1S/C24H24N6O2/c1-4-30-19-12-18-17(11-15(19)24(2,3)23(30)32)28-21(29-18)20-16(7-10-26-22(20)31)27-13-14-5-8-25-9-6-14/h5-12H,4,13H2,1-3H3,(H,28,29)(H2,26,27,31). The molecular formula is C24H24N6O2. The molecule has 32 heavy (non-hydrogen) atoms. The van der Waals surface area contributed by atoms with Gasteiger partial charge in [-0.3, -0.25) is 14.6 Å². The molecule has 0 fully saturated rings. The lowest BCUT2D eigenvalue weighted by Crippen LogP contribution is -2.35. The minimum atomic E-state index is -0.605. The van der Waals surface area contributed by atoms with E-state index >= 15 is 0 Å². The van der Waals surface area contributed by atoms with Crippen LogP contribution >= 0.6 is 0 Å². The van der Waals surface area contributed by atoms with Crippen LogP contribution in [-0.2, 0) is 16.8 Å². The number of pyridine rings is 2. The van der Waals surface area contributed by atoms with Gasteiger partial charge in [0.05, 0.1) is 27.8 Å². The minimum Gasteiger partial charge on any atom is -0.380 e. The van der Waals surface area contributed by atoms with Crippen LogP contribution in [0, 0.1) is 0 Å². The number of carbonyl (C=O) groups is 1. The maximum absolute atomic E-state index is 12.8. The molecule has 4 heterocycles. The molecule has 0 saturated carbocycles. The first-order valence-electron chi connectivity index (χ1n) is 10.6. The van der Waals surface area contributed by atoms with E-state index in [9.17, 15) is 9.59 Å². The molecule has 3 N–H and O–H groups in total. The maximum Gasteiger partial charge on any atom is 0.261 e. The van der Waals surface area contributed by atoms with Gasteiger partial charge in [0.1, 0.15) is 11.4 Å². The van der Waals surface area contributed by atoms with E-state index in [4.69, 9.17) is 4.98 Å². The number of rotatable bonds is 5. The van der Waals surface area contributed by atoms with Gasteiger partial charge < -0.3 is 20.2 Å². The molecule has 0 radical (unpaired) electrons. The van der Waals surface area contributed by atoms with Crippen LogP contribution in [0.3, 0.4) is 0 Å². The van der Waals surface area contributed by atoms with Crippen LogP contribution in [0.2, 0.25) is 0 Å². The highest BCUT2D eigenvalue weighted by Crippen LogP contribution is 2.43. The second-order valence-electron chi connectivity index (χ2n) is 8.45. The smallest absolute Gasteiger partial charge is 0.261 e. The van der Waals surface area contributed by atoms with Crippen LogP contribution in [0.15, 0.2) is 53.7 Å². The Kier molecular flexibility index (Phi) is 4.58. The number of nitrogens with zero attached hydrogens (tertiary/aromatic N) is 3. The van der Waals surface area contributed by atoms with Crippen molar-refractivity contribution in [1.29, 1.82) is 0 Å². The van der Waals surface area contributed by atoms with Crippen LogP contribution in [0.25, 0.3) is 22.4 Å². The lowest BCUT2D eigenvalue weighted by molar-refractivity contribution is -0.122. The lowest BCUT2D eigenvalue weighted by Gasteiger charge is -2.18. The van der Waals surface area contributed by atoms with Gasteiger partial charge in [-0.25, -0.2) is 4.98 Å². The average Bonchev–Trinajstić information content (AvgIpc) is 3.27. The van der Waals surface area contributed by atoms with Crippen molar-refractivity contribution in [1.82, 2.24) is 19.9 Å². The summed E-state index contributed by atoms with van der Waals surface area (Å²) in [6, 6.07) is 9.58. The monoisotopic (exact) mass is 428 g/mol. The Morgan fingerprint density at radius 2 is 1.91 bits per heavy atom. The van der Waals surface area contributed by atoms with Crippen molar-refractivity contribution in [2.24, 2.45) is 0 Å². The molecule has 4 aromatic rings. The van der Waals surface area contributed by atoms with Crippen molar-refractivity contribution in [3.63, 3.8) is 0 Å². The SMILES string of the molecule is CCN1C(=O)C(C)(C)c2cc3[nH]c(-c4c(NCc5ccncc5)cc[nH]c4=O)nc3cc21. The third-order valence-corrected chi connectivity index (χ3v) is 6.09. The number of nitrogens with one attached hydrogen (secondary N) is 3.